The largest absolute Gasteiger partial charge is 0.347 e. The summed E-state index contributed by atoms with van der Waals surface area (Å²) in [5, 5.41) is 0. The lowest BCUT2D eigenvalue weighted by molar-refractivity contribution is 0.590. The van der Waals surface area contributed by atoms with Gasteiger partial charge in [0.1, 0.15) is 0 Å². The van der Waals surface area contributed by atoms with Crippen LogP contribution in [0, 0.1) is 5.92 Å². The molecule has 0 unspecified atom stereocenters. The molecule has 3 nitrogen and oxygen atoms in total. The molecule has 1 heterocycles. The third kappa shape index (κ3) is 1.75. The van der Waals surface area contributed by atoms with Gasteiger partial charge in [-0.15, -0.1) is 0 Å². The van der Waals surface area contributed by atoms with Crippen molar-refractivity contribution in [2.75, 3.05) is 0 Å². The van der Waals surface area contributed by atoms with Gasteiger partial charge in [0.25, 0.3) is 0 Å². The lowest BCUT2D eigenvalue weighted by Crippen LogP contribution is -2.22. The summed E-state index contributed by atoms with van der Waals surface area (Å²) in [7, 11) is 0. The number of nitrogens with zero attached hydrogens (tertiary/aromatic N) is 2. The van der Waals surface area contributed by atoms with Gasteiger partial charge < -0.3 is 0 Å². The van der Waals surface area contributed by atoms with Crippen LogP contribution in [-0.2, 0) is 6.54 Å². The van der Waals surface area contributed by atoms with Crippen LogP contribution in [0.5, 0.6) is 0 Å². The van der Waals surface area contributed by atoms with E-state index in [0.717, 1.165) is 11.0 Å². The Morgan fingerprint density at radius 3 is 3.08 bits per heavy atom. The van der Waals surface area contributed by atoms with Gasteiger partial charge in [0.05, 0.1) is 4.47 Å². The first-order valence-electron chi connectivity index (χ1n) is 3.98. The molecular weight excluding hydrogens is 220 g/mol. The number of halogens is 1. The van der Waals surface area contributed by atoms with Crippen LogP contribution in [0.4, 0.5) is 0 Å². The van der Waals surface area contributed by atoms with Gasteiger partial charge in [0.15, 0.2) is 0 Å². The van der Waals surface area contributed by atoms with Crippen molar-refractivity contribution in [3.05, 3.63) is 27.4 Å². The van der Waals surface area contributed by atoms with Crippen molar-refractivity contribution in [2.24, 2.45) is 5.92 Å². The van der Waals surface area contributed by atoms with E-state index in [1.165, 1.54) is 19.0 Å². The summed E-state index contributed by atoms with van der Waals surface area (Å²) in [6, 6.07) is 0. The number of hydrogen-bond donors (Lipinski definition) is 0. The molecule has 64 valence electrons. The van der Waals surface area contributed by atoms with E-state index in [1.807, 2.05) is 0 Å². The highest BCUT2D eigenvalue weighted by Gasteiger charge is 2.22. The zero-order valence-corrected chi connectivity index (χ0v) is 8.12. The smallest absolute Gasteiger partial charge is 0.298 e. The lowest BCUT2D eigenvalue weighted by Gasteiger charge is -2.02. The Morgan fingerprint density at radius 1 is 1.67 bits per heavy atom. The minimum Gasteiger partial charge on any atom is -0.298 e. The highest BCUT2D eigenvalue weighted by atomic mass is 79.9. The van der Waals surface area contributed by atoms with Gasteiger partial charge in [-0.1, -0.05) is 0 Å². The van der Waals surface area contributed by atoms with Gasteiger partial charge in [0.2, 0.25) is 0 Å². The lowest BCUT2D eigenvalue weighted by atomic mass is 10.4. The van der Waals surface area contributed by atoms with Crippen molar-refractivity contribution in [1.29, 1.82) is 0 Å². The van der Waals surface area contributed by atoms with Crippen molar-refractivity contribution >= 4 is 15.9 Å². The fourth-order valence-electron chi connectivity index (χ4n) is 1.14. The molecule has 0 aliphatic heterocycles. The Hall–Kier alpha value is -0.640. The van der Waals surface area contributed by atoms with Crippen LogP contribution >= 0.6 is 15.9 Å². The Bertz CT molecular complexity index is 343. The first-order chi connectivity index (χ1) is 5.75. The summed E-state index contributed by atoms with van der Waals surface area (Å²) >= 11 is 3.28. The zero-order valence-electron chi connectivity index (χ0n) is 6.53. The molecule has 1 aliphatic carbocycles. The van der Waals surface area contributed by atoms with Gasteiger partial charge in [0, 0.05) is 18.9 Å². The molecule has 0 bridgehead atoms. The van der Waals surface area contributed by atoms with E-state index in [4.69, 9.17) is 0 Å². The Kier molecular flexibility index (Phi) is 2.00. The molecule has 0 spiro atoms. The Balaban J connectivity index is 2.27. The summed E-state index contributed by atoms with van der Waals surface area (Å²) in [5.41, 5.74) is -0.148. The molecule has 1 aromatic rings. The summed E-state index contributed by atoms with van der Waals surface area (Å²) < 4.78 is 2.53. The summed E-state index contributed by atoms with van der Waals surface area (Å²) in [6.45, 7) is 0.825. The first-order valence-corrected chi connectivity index (χ1v) is 4.77. The van der Waals surface area contributed by atoms with Crippen molar-refractivity contribution in [3.63, 3.8) is 0 Å². The third-order valence-electron chi connectivity index (χ3n) is 1.98. The molecule has 0 N–H and O–H groups in total. The van der Waals surface area contributed by atoms with Crippen molar-refractivity contribution in [1.82, 2.24) is 9.55 Å². The van der Waals surface area contributed by atoms with Crippen molar-refractivity contribution in [3.8, 4) is 0 Å². The maximum atomic E-state index is 11.2. The van der Waals surface area contributed by atoms with Crippen LogP contribution in [0.15, 0.2) is 21.7 Å². The topological polar surface area (TPSA) is 34.9 Å². The predicted octanol–water partition coefficient (Wildman–Crippen LogP) is 1.42. The minimum absolute atomic E-state index is 0.148. The molecule has 0 saturated heterocycles. The van der Waals surface area contributed by atoms with Gasteiger partial charge in [-0.25, -0.2) is 9.78 Å². The number of hydrogen-bond acceptors (Lipinski definition) is 2. The highest BCUT2D eigenvalue weighted by molar-refractivity contribution is 9.10. The highest BCUT2D eigenvalue weighted by Crippen LogP contribution is 2.30. The predicted molar refractivity (Wildman–Crippen MR) is 48.9 cm³/mol. The minimum atomic E-state index is -0.148. The van der Waals surface area contributed by atoms with E-state index in [-0.39, 0.29) is 5.69 Å². The molecule has 12 heavy (non-hydrogen) atoms. The summed E-state index contributed by atoms with van der Waals surface area (Å²) in [6.07, 6.45) is 5.83. The summed E-state index contributed by atoms with van der Waals surface area (Å²) in [5.74, 6) is 0.707. The van der Waals surface area contributed by atoms with Gasteiger partial charge >= 0.3 is 5.69 Å². The van der Waals surface area contributed by atoms with E-state index in [2.05, 4.69) is 20.9 Å². The van der Waals surface area contributed by atoms with E-state index in [0.29, 0.717) is 5.92 Å². The molecule has 1 fully saturated rings. The van der Waals surface area contributed by atoms with E-state index >= 15 is 0 Å². The molecule has 0 aromatic carbocycles. The quantitative estimate of drug-likeness (QED) is 0.768. The maximum absolute atomic E-state index is 11.2. The summed E-state index contributed by atoms with van der Waals surface area (Å²) in [4.78, 5) is 14.9. The molecular formula is C8H9BrN2O. The van der Waals surface area contributed by atoms with Crippen LogP contribution < -0.4 is 5.69 Å². The van der Waals surface area contributed by atoms with Crippen LogP contribution in [0.1, 0.15) is 12.8 Å². The van der Waals surface area contributed by atoms with Crippen LogP contribution in [0.25, 0.3) is 0 Å². The van der Waals surface area contributed by atoms with Crippen molar-refractivity contribution in [2.45, 2.75) is 19.4 Å². The molecule has 0 atom stereocenters. The zero-order chi connectivity index (χ0) is 8.55. The fraction of sp³-hybridized carbons (Fsp3) is 0.500. The van der Waals surface area contributed by atoms with Gasteiger partial charge in [-0.2, -0.15) is 0 Å². The maximum Gasteiger partial charge on any atom is 0.347 e. The van der Waals surface area contributed by atoms with E-state index in [9.17, 15) is 4.79 Å². The van der Waals surface area contributed by atoms with Crippen LogP contribution in [-0.4, -0.2) is 9.55 Å². The second kappa shape index (κ2) is 3.01. The monoisotopic (exact) mass is 228 g/mol. The van der Waals surface area contributed by atoms with Crippen LogP contribution in [0.3, 0.4) is 0 Å². The second-order valence-electron chi connectivity index (χ2n) is 3.15. The third-order valence-corrected chi connectivity index (χ3v) is 2.38. The first kappa shape index (κ1) is 7.98. The van der Waals surface area contributed by atoms with Crippen molar-refractivity contribution < 1.29 is 0 Å². The van der Waals surface area contributed by atoms with E-state index < -0.39 is 0 Å². The Morgan fingerprint density at radius 2 is 2.42 bits per heavy atom. The number of aromatic nitrogens is 2. The average molecular weight is 229 g/mol. The van der Waals surface area contributed by atoms with Gasteiger partial charge in [-0.05, 0) is 34.7 Å². The second-order valence-corrected chi connectivity index (χ2v) is 4.07. The number of rotatable bonds is 2. The van der Waals surface area contributed by atoms with Crippen LogP contribution in [0.2, 0.25) is 0 Å². The molecule has 1 aliphatic rings. The molecule has 0 amide bonds. The molecule has 2 rings (SSSR count). The SMILES string of the molecule is O=c1ncc(Br)cn1CC1CC1. The normalized spacial score (nSPS) is 16.4. The molecule has 1 saturated carbocycles. The average Bonchev–Trinajstić information content (AvgIpc) is 2.81. The van der Waals surface area contributed by atoms with Gasteiger partial charge in [-0.3, -0.25) is 4.57 Å². The molecule has 4 heteroatoms. The fourth-order valence-corrected chi connectivity index (χ4v) is 1.49. The standard InChI is InChI=1S/C8H9BrN2O/c9-7-3-10-8(12)11(5-7)4-6-1-2-6/h3,5-6H,1-2,4H2. The van der Waals surface area contributed by atoms with E-state index in [1.54, 1.807) is 10.8 Å². The molecule has 1 aromatic heterocycles. The molecule has 0 radical (unpaired) electrons. The Labute approximate surface area is 78.6 Å².